The van der Waals surface area contributed by atoms with Gasteiger partial charge >= 0.3 is 0 Å². The van der Waals surface area contributed by atoms with Gasteiger partial charge in [-0.05, 0) is 46.3 Å². The van der Waals surface area contributed by atoms with Crippen LogP contribution in [-0.2, 0) is 0 Å². The van der Waals surface area contributed by atoms with E-state index in [2.05, 4.69) is 26.2 Å². The fourth-order valence-electron chi connectivity index (χ4n) is 1.41. The predicted molar refractivity (Wildman–Crippen MR) is 72.9 cm³/mol. The third-order valence-corrected chi connectivity index (χ3v) is 3.00. The summed E-state index contributed by atoms with van der Waals surface area (Å²) in [6.45, 7) is 0. The Kier molecular flexibility index (Phi) is 3.94. The maximum absolute atomic E-state index is 12.0. The Hall–Kier alpha value is -1.88. The second-order valence-electron chi connectivity index (χ2n) is 3.54. The van der Waals surface area contributed by atoms with E-state index in [1.807, 2.05) is 0 Å². The molecule has 0 aliphatic rings. The van der Waals surface area contributed by atoms with Crippen LogP contribution in [0.5, 0.6) is 5.75 Å². The van der Waals surface area contributed by atoms with E-state index < -0.39 is 0 Å². The average molecular weight is 307 g/mol. The highest BCUT2D eigenvalue weighted by atomic mass is 79.9. The lowest BCUT2D eigenvalue weighted by atomic mass is 10.2. The first-order chi connectivity index (χ1) is 8.70. The fourth-order valence-corrected chi connectivity index (χ4v) is 1.76. The van der Waals surface area contributed by atoms with E-state index in [0.717, 1.165) is 10.2 Å². The number of methoxy groups -OCH3 is 1. The highest BCUT2D eigenvalue weighted by Gasteiger charge is 2.08. The molecular formula is C13H11BrN2O2. The van der Waals surface area contributed by atoms with Crippen molar-refractivity contribution in [2.45, 2.75) is 0 Å². The number of anilines is 1. The van der Waals surface area contributed by atoms with Crippen molar-refractivity contribution in [3.8, 4) is 5.75 Å². The van der Waals surface area contributed by atoms with Crippen LogP contribution in [0, 0.1) is 0 Å². The molecular weight excluding hydrogens is 296 g/mol. The van der Waals surface area contributed by atoms with Gasteiger partial charge in [-0.15, -0.1) is 0 Å². The van der Waals surface area contributed by atoms with Crippen LogP contribution < -0.4 is 10.1 Å². The van der Waals surface area contributed by atoms with Gasteiger partial charge in [-0.25, -0.2) is 0 Å². The Morgan fingerprint density at radius 3 is 2.61 bits per heavy atom. The number of rotatable bonds is 3. The third kappa shape index (κ3) is 2.87. The molecule has 0 aliphatic carbocycles. The molecule has 2 aromatic rings. The minimum atomic E-state index is -0.176. The van der Waals surface area contributed by atoms with Gasteiger partial charge in [0.25, 0.3) is 5.91 Å². The molecule has 92 valence electrons. The third-order valence-electron chi connectivity index (χ3n) is 2.37. The van der Waals surface area contributed by atoms with Crippen LogP contribution >= 0.6 is 15.9 Å². The molecule has 0 saturated heterocycles. The Morgan fingerprint density at radius 1 is 1.28 bits per heavy atom. The molecule has 0 bridgehead atoms. The molecule has 0 aliphatic heterocycles. The summed E-state index contributed by atoms with van der Waals surface area (Å²) < 4.78 is 5.78. The molecule has 2 rings (SSSR count). The van der Waals surface area contributed by atoms with Crippen molar-refractivity contribution in [1.29, 1.82) is 0 Å². The van der Waals surface area contributed by atoms with Crippen LogP contribution in [0.2, 0.25) is 0 Å². The number of halogens is 1. The second-order valence-corrected chi connectivity index (χ2v) is 4.39. The maximum Gasteiger partial charge on any atom is 0.255 e. The number of aromatic nitrogens is 1. The predicted octanol–water partition coefficient (Wildman–Crippen LogP) is 3.11. The molecule has 4 nitrogen and oxygen atoms in total. The number of amides is 1. The first-order valence-electron chi connectivity index (χ1n) is 5.25. The number of benzene rings is 1. The number of nitrogens with zero attached hydrogens (tertiary/aromatic N) is 1. The minimum absolute atomic E-state index is 0.176. The zero-order valence-corrected chi connectivity index (χ0v) is 11.3. The van der Waals surface area contributed by atoms with Crippen LogP contribution in [0.15, 0.2) is 47.2 Å². The molecule has 0 unspecified atom stereocenters. The normalized spacial score (nSPS) is 9.89. The SMILES string of the molecule is COc1ccc(C(=O)Nc2ccncc2Br)cc1. The minimum Gasteiger partial charge on any atom is -0.497 e. The van der Waals surface area contributed by atoms with E-state index in [4.69, 9.17) is 4.74 Å². The smallest absolute Gasteiger partial charge is 0.255 e. The summed E-state index contributed by atoms with van der Waals surface area (Å²) in [6.07, 6.45) is 3.25. The van der Waals surface area contributed by atoms with Crippen molar-refractivity contribution in [1.82, 2.24) is 4.98 Å². The number of carbonyl (C=O) groups is 1. The van der Waals surface area contributed by atoms with Crippen LogP contribution in [0.3, 0.4) is 0 Å². The van der Waals surface area contributed by atoms with E-state index in [0.29, 0.717) is 11.3 Å². The first-order valence-corrected chi connectivity index (χ1v) is 6.05. The molecule has 0 fully saturated rings. The van der Waals surface area contributed by atoms with Gasteiger partial charge < -0.3 is 10.1 Å². The second kappa shape index (κ2) is 5.64. The Bertz CT molecular complexity index is 555. The lowest BCUT2D eigenvalue weighted by Crippen LogP contribution is -2.12. The van der Waals surface area contributed by atoms with Crippen LogP contribution in [0.4, 0.5) is 5.69 Å². The van der Waals surface area contributed by atoms with Crippen LogP contribution in [0.25, 0.3) is 0 Å². The highest BCUT2D eigenvalue weighted by Crippen LogP contribution is 2.21. The standard InChI is InChI=1S/C13H11BrN2O2/c1-18-10-4-2-9(3-5-10)13(17)16-12-6-7-15-8-11(12)14/h2-8H,1H3,(H,15,16,17). The van der Waals surface area contributed by atoms with Gasteiger partial charge in [-0.1, -0.05) is 0 Å². The Balaban J connectivity index is 2.14. The molecule has 0 radical (unpaired) electrons. The van der Waals surface area contributed by atoms with Crippen molar-refractivity contribution in [2.75, 3.05) is 12.4 Å². The Morgan fingerprint density at radius 2 is 2.00 bits per heavy atom. The first kappa shape index (κ1) is 12.6. The van der Waals surface area contributed by atoms with E-state index in [1.165, 1.54) is 0 Å². The number of ether oxygens (including phenoxy) is 1. The van der Waals surface area contributed by atoms with Crippen molar-refractivity contribution < 1.29 is 9.53 Å². The van der Waals surface area contributed by atoms with Gasteiger partial charge in [0.05, 0.1) is 17.3 Å². The van der Waals surface area contributed by atoms with Crippen molar-refractivity contribution in [2.24, 2.45) is 0 Å². The fraction of sp³-hybridized carbons (Fsp3) is 0.0769. The molecule has 1 N–H and O–H groups in total. The zero-order valence-electron chi connectivity index (χ0n) is 9.68. The van der Waals surface area contributed by atoms with E-state index in [9.17, 15) is 4.79 Å². The van der Waals surface area contributed by atoms with Gasteiger partial charge in [-0.2, -0.15) is 0 Å². The molecule has 1 amide bonds. The van der Waals surface area contributed by atoms with Crippen molar-refractivity contribution in [3.63, 3.8) is 0 Å². The van der Waals surface area contributed by atoms with Gasteiger partial charge in [0.1, 0.15) is 5.75 Å². The molecule has 5 heteroatoms. The topological polar surface area (TPSA) is 51.2 Å². The van der Waals surface area contributed by atoms with Gasteiger partial charge in [0.2, 0.25) is 0 Å². The molecule has 1 aromatic carbocycles. The lowest BCUT2D eigenvalue weighted by molar-refractivity contribution is 0.102. The number of hydrogen-bond donors (Lipinski definition) is 1. The highest BCUT2D eigenvalue weighted by molar-refractivity contribution is 9.10. The van der Waals surface area contributed by atoms with Crippen LogP contribution in [-0.4, -0.2) is 18.0 Å². The van der Waals surface area contributed by atoms with Crippen molar-refractivity contribution in [3.05, 3.63) is 52.8 Å². The molecule has 1 heterocycles. The van der Waals surface area contributed by atoms with E-state index in [-0.39, 0.29) is 5.91 Å². The summed E-state index contributed by atoms with van der Waals surface area (Å²) in [5.41, 5.74) is 1.25. The van der Waals surface area contributed by atoms with E-state index in [1.54, 1.807) is 49.8 Å². The molecule has 1 aromatic heterocycles. The van der Waals surface area contributed by atoms with Gasteiger partial charge in [-0.3, -0.25) is 9.78 Å². The molecule has 0 saturated carbocycles. The maximum atomic E-state index is 12.0. The summed E-state index contributed by atoms with van der Waals surface area (Å²) >= 11 is 3.32. The summed E-state index contributed by atoms with van der Waals surface area (Å²) in [7, 11) is 1.59. The van der Waals surface area contributed by atoms with Gasteiger partial charge in [0, 0.05) is 18.0 Å². The lowest BCUT2D eigenvalue weighted by Gasteiger charge is -2.07. The Labute approximate surface area is 113 Å². The summed E-state index contributed by atoms with van der Waals surface area (Å²) in [6, 6.07) is 8.64. The number of pyridine rings is 1. The summed E-state index contributed by atoms with van der Waals surface area (Å²) in [5, 5.41) is 2.80. The quantitative estimate of drug-likeness (QED) is 0.948. The van der Waals surface area contributed by atoms with E-state index >= 15 is 0 Å². The average Bonchev–Trinajstić information content (AvgIpc) is 2.41. The number of nitrogens with one attached hydrogen (secondary N) is 1. The van der Waals surface area contributed by atoms with Gasteiger partial charge in [0.15, 0.2) is 0 Å². The summed E-state index contributed by atoms with van der Waals surface area (Å²) in [5.74, 6) is 0.543. The molecule has 0 spiro atoms. The summed E-state index contributed by atoms with van der Waals surface area (Å²) in [4.78, 5) is 15.9. The van der Waals surface area contributed by atoms with Crippen LogP contribution in [0.1, 0.15) is 10.4 Å². The van der Waals surface area contributed by atoms with Crippen molar-refractivity contribution >= 4 is 27.5 Å². The molecule has 0 atom stereocenters. The number of carbonyl (C=O) groups excluding carboxylic acids is 1. The molecule has 18 heavy (non-hydrogen) atoms. The zero-order chi connectivity index (χ0) is 13.0. The number of hydrogen-bond acceptors (Lipinski definition) is 3. The largest absolute Gasteiger partial charge is 0.497 e. The monoisotopic (exact) mass is 306 g/mol.